The average Bonchev–Trinajstić information content (AvgIpc) is 2.87. The Morgan fingerprint density at radius 3 is 2.50 bits per heavy atom. The summed E-state index contributed by atoms with van der Waals surface area (Å²) in [6.45, 7) is 10.1. The van der Waals surface area contributed by atoms with Crippen molar-refractivity contribution >= 4 is 11.6 Å². The highest BCUT2D eigenvalue weighted by Crippen LogP contribution is 2.28. The Kier molecular flexibility index (Phi) is 7.40. The van der Waals surface area contributed by atoms with Crippen molar-refractivity contribution in [1.82, 2.24) is 19.5 Å². The van der Waals surface area contributed by atoms with E-state index in [1.165, 1.54) is 0 Å². The van der Waals surface area contributed by atoms with Crippen LogP contribution in [-0.2, 0) is 6.61 Å². The van der Waals surface area contributed by atoms with Crippen LogP contribution >= 0.6 is 11.6 Å². The average molecular weight is 505 g/mol. The van der Waals surface area contributed by atoms with Crippen molar-refractivity contribution in [2.75, 3.05) is 7.11 Å². The van der Waals surface area contributed by atoms with Crippen LogP contribution in [0.15, 0.2) is 53.6 Å². The van der Waals surface area contributed by atoms with Crippen LogP contribution in [0.4, 0.5) is 0 Å². The SMILES string of the molecule is COc1cccc(COc2cc(C)n(-c3cc(-c4nc(C(C)C)ncc4C)ncc3C)c(=O)c2Cl)c1. The van der Waals surface area contributed by atoms with Gasteiger partial charge in [-0.05, 0) is 55.7 Å². The maximum atomic E-state index is 13.4. The number of aryl methyl sites for hydroxylation is 3. The Bertz CT molecular complexity index is 1480. The number of hydrogen-bond acceptors (Lipinski definition) is 6. The summed E-state index contributed by atoms with van der Waals surface area (Å²) in [6.07, 6.45) is 3.55. The molecule has 0 saturated heterocycles. The van der Waals surface area contributed by atoms with Crippen molar-refractivity contribution in [3.8, 4) is 28.6 Å². The highest BCUT2D eigenvalue weighted by molar-refractivity contribution is 6.31. The molecular weight excluding hydrogens is 476 g/mol. The van der Waals surface area contributed by atoms with Crippen molar-refractivity contribution in [1.29, 1.82) is 0 Å². The molecule has 36 heavy (non-hydrogen) atoms. The number of rotatable bonds is 7. The fourth-order valence-electron chi connectivity index (χ4n) is 3.89. The van der Waals surface area contributed by atoms with Crippen LogP contribution in [0, 0.1) is 20.8 Å². The number of benzene rings is 1. The van der Waals surface area contributed by atoms with E-state index in [2.05, 4.69) is 9.97 Å². The van der Waals surface area contributed by atoms with E-state index >= 15 is 0 Å². The van der Waals surface area contributed by atoms with Crippen LogP contribution in [0.1, 0.15) is 48.0 Å². The van der Waals surface area contributed by atoms with Gasteiger partial charge in [0.05, 0.1) is 24.2 Å². The van der Waals surface area contributed by atoms with Crippen molar-refractivity contribution < 1.29 is 9.47 Å². The van der Waals surface area contributed by atoms with Crippen molar-refractivity contribution in [3.05, 3.63) is 92.4 Å². The smallest absolute Gasteiger partial charge is 0.277 e. The zero-order valence-electron chi connectivity index (χ0n) is 21.3. The minimum atomic E-state index is -0.361. The minimum Gasteiger partial charge on any atom is -0.497 e. The molecule has 3 aromatic heterocycles. The molecule has 186 valence electrons. The Morgan fingerprint density at radius 1 is 1.03 bits per heavy atom. The van der Waals surface area contributed by atoms with Gasteiger partial charge in [0, 0.05) is 30.1 Å². The van der Waals surface area contributed by atoms with Crippen LogP contribution in [0.25, 0.3) is 17.1 Å². The Labute approximate surface area is 215 Å². The van der Waals surface area contributed by atoms with Gasteiger partial charge in [0.1, 0.15) is 29.0 Å². The van der Waals surface area contributed by atoms with Crippen LogP contribution in [0.5, 0.6) is 11.5 Å². The van der Waals surface area contributed by atoms with E-state index in [-0.39, 0.29) is 23.1 Å². The molecule has 0 fully saturated rings. The first-order valence-electron chi connectivity index (χ1n) is 11.7. The molecular formula is C28H29ClN4O3. The summed E-state index contributed by atoms with van der Waals surface area (Å²) in [4.78, 5) is 27.2. The lowest BCUT2D eigenvalue weighted by Gasteiger charge is -2.17. The van der Waals surface area contributed by atoms with E-state index in [4.69, 9.17) is 26.1 Å². The number of methoxy groups -OCH3 is 1. The topological polar surface area (TPSA) is 79.1 Å². The molecule has 0 N–H and O–H groups in total. The zero-order chi connectivity index (χ0) is 26.0. The Hall–Kier alpha value is -3.71. The second-order valence-electron chi connectivity index (χ2n) is 9.02. The molecule has 0 saturated carbocycles. The van der Waals surface area contributed by atoms with Crippen LogP contribution in [-0.4, -0.2) is 26.6 Å². The normalized spacial score (nSPS) is 11.1. The van der Waals surface area contributed by atoms with Crippen LogP contribution in [0.3, 0.4) is 0 Å². The van der Waals surface area contributed by atoms with Crippen molar-refractivity contribution in [2.45, 2.75) is 47.1 Å². The fraction of sp³-hybridized carbons (Fsp3) is 0.286. The van der Waals surface area contributed by atoms with Gasteiger partial charge in [-0.1, -0.05) is 37.6 Å². The zero-order valence-corrected chi connectivity index (χ0v) is 22.1. The molecule has 0 aliphatic carbocycles. The first-order valence-corrected chi connectivity index (χ1v) is 12.1. The highest BCUT2D eigenvalue weighted by Gasteiger charge is 2.18. The molecule has 0 amide bonds. The maximum Gasteiger partial charge on any atom is 0.277 e. The number of ether oxygens (including phenoxy) is 2. The predicted molar refractivity (Wildman–Crippen MR) is 141 cm³/mol. The van der Waals surface area contributed by atoms with Gasteiger partial charge in [0.25, 0.3) is 5.56 Å². The van der Waals surface area contributed by atoms with Crippen LogP contribution < -0.4 is 15.0 Å². The number of aromatic nitrogens is 4. The predicted octanol–water partition coefficient (Wildman–Crippen LogP) is 5.98. The molecule has 0 unspecified atom stereocenters. The van der Waals surface area contributed by atoms with Gasteiger partial charge in [-0.25, -0.2) is 9.97 Å². The molecule has 8 heteroatoms. The molecule has 0 bridgehead atoms. The number of nitrogens with zero attached hydrogens (tertiary/aromatic N) is 4. The third-order valence-corrected chi connectivity index (χ3v) is 6.24. The molecule has 4 aromatic rings. The van der Waals surface area contributed by atoms with Gasteiger partial charge in [-0.15, -0.1) is 0 Å². The summed E-state index contributed by atoms with van der Waals surface area (Å²) in [5, 5.41) is 0.0153. The lowest BCUT2D eigenvalue weighted by atomic mass is 10.1. The van der Waals surface area contributed by atoms with E-state index in [0.717, 1.165) is 34.0 Å². The monoisotopic (exact) mass is 504 g/mol. The van der Waals surface area contributed by atoms with Crippen molar-refractivity contribution in [3.63, 3.8) is 0 Å². The summed E-state index contributed by atoms with van der Waals surface area (Å²) < 4.78 is 12.8. The van der Waals surface area contributed by atoms with E-state index in [1.807, 2.05) is 71.1 Å². The highest BCUT2D eigenvalue weighted by atomic mass is 35.5. The summed E-state index contributed by atoms with van der Waals surface area (Å²) in [5.41, 5.74) is 5.07. The molecule has 0 spiro atoms. The molecule has 7 nitrogen and oxygen atoms in total. The van der Waals surface area contributed by atoms with Gasteiger partial charge >= 0.3 is 0 Å². The lowest BCUT2D eigenvalue weighted by Crippen LogP contribution is -2.22. The van der Waals surface area contributed by atoms with Gasteiger partial charge in [-0.3, -0.25) is 14.3 Å². The molecule has 1 aromatic carbocycles. The number of halogens is 1. The second-order valence-corrected chi connectivity index (χ2v) is 9.39. The number of pyridine rings is 2. The summed E-state index contributed by atoms with van der Waals surface area (Å²) >= 11 is 6.52. The first kappa shape index (κ1) is 25.4. The molecule has 0 aliphatic rings. The molecule has 0 radical (unpaired) electrons. The molecule has 0 aliphatic heterocycles. The maximum absolute atomic E-state index is 13.4. The first-order chi connectivity index (χ1) is 17.2. The van der Waals surface area contributed by atoms with Gasteiger partial charge in [-0.2, -0.15) is 0 Å². The molecule has 3 heterocycles. The largest absolute Gasteiger partial charge is 0.497 e. The summed E-state index contributed by atoms with van der Waals surface area (Å²) in [7, 11) is 1.61. The van der Waals surface area contributed by atoms with Gasteiger partial charge < -0.3 is 9.47 Å². The van der Waals surface area contributed by atoms with Crippen molar-refractivity contribution in [2.24, 2.45) is 0 Å². The van der Waals surface area contributed by atoms with E-state index in [0.29, 0.717) is 22.8 Å². The number of hydrogen-bond donors (Lipinski definition) is 0. The molecule has 4 rings (SSSR count). The van der Waals surface area contributed by atoms with E-state index in [9.17, 15) is 4.79 Å². The van der Waals surface area contributed by atoms with Gasteiger partial charge in [0.2, 0.25) is 0 Å². The minimum absolute atomic E-state index is 0.0153. The second kappa shape index (κ2) is 10.5. The fourth-order valence-corrected chi connectivity index (χ4v) is 4.08. The Balaban J connectivity index is 1.73. The summed E-state index contributed by atoms with van der Waals surface area (Å²) in [6, 6.07) is 11.2. The standard InChI is InChI=1S/C28H29ClN4O3/c1-16(2)27-31-14-18(4)26(32-27)22-12-23(17(3)13-30-22)33-19(5)10-24(25(29)28(33)34)36-15-20-8-7-9-21(11-20)35-6/h7-14,16H,15H2,1-6H3. The summed E-state index contributed by atoms with van der Waals surface area (Å²) in [5.74, 6) is 1.99. The molecule has 0 atom stereocenters. The van der Waals surface area contributed by atoms with E-state index in [1.54, 1.807) is 23.9 Å². The van der Waals surface area contributed by atoms with Gasteiger partial charge in [0.15, 0.2) is 0 Å². The van der Waals surface area contributed by atoms with E-state index < -0.39 is 0 Å². The quantitative estimate of drug-likeness (QED) is 0.308. The third kappa shape index (κ3) is 5.11. The van der Waals surface area contributed by atoms with Crippen LogP contribution in [0.2, 0.25) is 5.02 Å². The lowest BCUT2D eigenvalue weighted by molar-refractivity contribution is 0.304. The third-order valence-electron chi connectivity index (χ3n) is 5.89. The Morgan fingerprint density at radius 2 is 1.78 bits per heavy atom.